The highest BCUT2D eigenvalue weighted by Crippen LogP contribution is 2.10. The van der Waals surface area contributed by atoms with Crippen LogP contribution in [0.4, 0.5) is 0 Å². The van der Waals surface area contributed by atoms with Crippen LogP contribution < -0.4 is 5.32 Å². The van der Waals surface area contributed by atoms with Crippen LogP contribution in [-0.2, 0) is 9.45 Å². The van der Waals surface area contributed by atoms with E-state index >= 15 is 0 Å². The summed E-state index contributed by atoms with van der Waals surface area (Å²) in [5.74, 6) is -1.51. The van der Waals surface area contributed by atoms with Crippen LogP contribution in [0.2, 0.25) is 0 Å². The average Bonchev–Trinajstić information content (AvgIpc) is 2.59. The lowest BCUT2D eigenvalue weighted by molar-refractivity contribution is -0.133. The molecule has 6 heteroatoms. The van der Waals surface area contributed by atoms with E-state index in [1.807, 2.05) is 0 Å². The summed E-state index contributed by atoms with van der Waals surface area (Å²) in [5, 5.41) is 11.8. The predicted molar refractivity (Wildman–Crippen MR) is 56.4 cm³/mol. The molecule has 2 N–H and O–H groups in total. The minimum atomic E-state index is -1.25. The first-order valence-corrected chi connectivity index (χ1v) is 4.90. The van der Waals surface area contributed by atoms with Gasteiger partial charge in [-0.05, 0) is 12.1 Å². The van der Waals surface area contributed by atoms with Crippen molar-refractivity contribution in [2.45, 2.75) is 12.4 Å². The Hall–Kier alpha value is -1.82. The fourth-order valence-corrected chi connectivity index (χ4v) is 1.51. The van der Waals surface area contributed by atoms with Crippen molar-refractivity contribution in [2.24, 2.45) is 0 Å². The molecular formula is C10H10BNO4. The van der Waals surface area contributed by atoms with E-state index in [9.17, 15) is 14.6 Å². The lowest BCUT2D eigenvalue weighted by Gasteiger charge is -2.10. The summed E-state index contributed by atoms with van der Waals surface area (Å²) in [6.07, 6.45) is -0.000258. The van der Waals surface area contributed by atoms with Crippen LogP contribution in [0.5, 0.6) is 0 Å². The molecule has 1 aliphatic heterocycles. The Morgan fingerprint density at radius 2 is 2.12 bits per heavy atom. The van der Waals surface area contributed by atoms with Crippen LogP contribution in [-0.4, -0.2) is 30.0 Å². The summed E-state index contributed by atoms with van der Waals surface area (Å²) in [7, 11) is -1.25. The number of carbonyl (C=O) groups is 2. The van der Waals surface area contributed by atoms with Crippen molar-refractivity contribution in [3.05, 3.63) is 35.9 Å². The normalized spacial score (nSPS) is 19.4. The van der Waals surface area contributed by atoms with E-state index in [4.69, 9.17) is 0 Å². The largest absolute Gasteiger partial charge is 0.549 e. The zero-order valence-corrected chi connectivity index (χ0v) is 8.42. The van der Waals surface area contributed by atoms with Gasteiger partial charge in [-0.1, -0.05) is 18.2 Å². The number of amides is 1. The molecule has 0 bridgehead atoms. The maximum absolute atomic E-state index is 11.7. The second-order valence-corrected chi connectivity index (χ2v) is 3.53. The minimum Gasteiger partial charge on any atom is -0.508 e. The second-order valence-electron chi connectivity index (χ2n) is 3.53. The smallest absolute Gasteiger partial charge is 0.508 e. The van der Waals surface area contributed by atoms with Crippen molar-refractivity contribution >= 4 is 19.0 Å². The molecule has 0 aliphatic carbocycles. The molecule has 1 amide bonds. The monoisotopic (exact) mass is 219 g/mol. The van der Waals surface area contributed by atoms with Crippen molar-refractivity contribution in [2.75, 3.05) is 0 Å². The van der Waals surface area contributed by atoms with E-state index in [1.165, 1.54) is 0 Å². The highest BCUT2D eigenvalue weighted by Gasteiger charge is 2.40. The zero-order valence-electron chi connectivity index (χ0n) is 8.42. The Kier molecular flexibility index (Phi) is 2.92. The van der Waals surface area contributed by atoms with Crippen molar-refractivity contribution in [3.8, 4) is 0 Å². The summed E-state index contributed by atoms with van der Waals surface area (Å²) < 4.78 is 4.51. The van der Waals surface area contributed by atoms with Gasteiger partial charge in [0.15, 0.2) is 0 Å². The number of benzene rings is 1. The van der Waals surface area contributed by atoms with Crippen molar-refractivity contribution in [1.82, 2.24) is 5.32 Å². The van der Waals surface area contributed by atoms with Gasteiger partial charge in [-0.15, -0.1) is 0 Å². The van der Waals surface area contributed by atoms with Crippen molar-refractivity contribution in [3.63, 3.8) is 0 Å². The average molecular weight is 219 g/mol. The lowest BCUT2D eigenvalue weighted by atomic mass is 9.80. The number of rotatable bonds is 2. The van der Waals surface area contributed by atoms with Crippen LogP contribution >= 0.6 is 0 Å². The molecule has 1 aliphatic rings. The van der Waals surface area contributed by atoms with Crippen LogP contribution in [0.15, 0.2) is 30.3 Å². The molecule has 0 radical (unpaired) electrons. The molecule has 0 saturated carbocycles. The molecule has 1 heterocycles. The number of hydrogen-bond acceptors (Lipinski definition) is 4. The van der Waals surface area contributed by atoms with Crippen LogP contribution in [0.25, 0.3) is 0 Å². The molecule has 1 aromatic carbocycles. The molecule has 2 rings (SSSR count). The molecule has 1 saturated heterocycles. The molecule has 1 aromatic rings. The molecule has 0 aromatic heterocycles. The number of nitrogens with one attached hydrogen (secondary N) is 1. The van der Waals surface area contributed by atoms with Gasteiger partial charge in [0, 0.05) is 5.56 Å². The highest BCUT2D eigenvalue weighted by molar-refractivity contribution is 6.50. The van der Waals surface area contributed by atoms with Gasteiger partial charge in [-0.3, -0.25) is 9.59 Å². The fourth-order valence-electron chi connectivity index (χ4n) is 1.51. The van der Waals surface area contributed by atoms with Gasteiger partial charge in [0.1, 0.15) is 0 Å². The Labute approximate surface area is 92.6 Å². The first kappa shape index (κ1) is 10.7. The molecule has 1 atom stereocenters. The summed E-state index contributed by atoms with van der Waals surface area (Å²) in [6, 6.07) is 8.58. The quantitative estimate of drug-likeness (QED) is 0.672. The van der Waals surface area contributed by atoms with Gasteiger partial charge in [0.05, 0.1) is 12.4 Å². The third-order valence-corrected chi connectivity index (χ3v) is 2.34. The van der Waals surface area contributed by atoms with Crippen LogP contribution in [0.3, 0.4) is 0 Å². The minimum absolute atomic E-state index is 0.000258. The first-order chi connectivity index (χ1) is 7.66. The van der Waals surface area contributed by atoms with Gasteiger partial charge in [-0.2, -0.15) is 0 Å². The third-order valence-electron chi connectivity index (χ3n) is 2.34. The molecule has 1 unspecified atom stereocenters. The predicted octanol–water partition coefficient (Wildman–Crippen LogP) is -0.248. The van der Waals surface area contributed by atoms with Crippen molar-refractivity contribution < 1.29 is 19.3 Å². The van der Waals surface area contributed by atoms with E-state index in [0.717, 1.165) is 0 Å². The summed E-state index contributed by atoms with van der Waals surface area (Å²) in [5.41, 5.74) is 0.481. The van der Waals surface area contributed by atoms with Crippen LogP contribution in [0, 0.1) is 0 Å². The third kappa shape index (κ3) is 2.22. The standard InChI is InChI=1S/C10H10BNO4/c13-9-6-8(11(15)16-9)12-10(14)7-4-2-1-3-5-7/h1-5,8,15H,6H2,(H,12,14). The Morgan fingerprint density at radius 1 is 1.44 bits per heavy atom. The lowest BCUT2D eigenvalue weighted by Crippen LogP contribution is -2.43. The topological polar surface area (TPSA) is 75.6 Å². The second kappa shape index (κ2) is 4.36. The molecule has 16 heavy (non-hydrogen) atoms. The van der Waals surface area contributed by atoms with E-state index in [2.05, 4.69) is 9.97 Å². The zero-order chi connectivity index (χ0) is 11.5. The molecular weight excluding hydrogens is 209 g/mol. The van der Waals surface area contributed by atoms with Gasteiger partial charge in [0.25, 0.3) is 11.9 Å². The fraction of sp³-hybridized carbons (Fsp3) is 0.200. The summed E-state index contributed by atoms with van der Waals surface area (Å²) in [6.45, 7) is 0. The van der Waals surface area contributed by atoms with Gasteiger partial charge in [0.2, 0.25) is 0 Å². The van der Waals surface area contributed by atoms with E-state index < -0.39 is 19.0 Å². The first-order valence-electron chi connectivity index (χ1n) is 4.90. The number of carbonyl (C=O) groups excluding carboxylic acids is 2. The molecule has 5 nitrogen and oxygen atoms in total. The van der Waals surface area contributed by atoms with Gasteiger partial charge in [-0.25, -0.2) is 0 Å². The van der Waals surface area contributed by atoms with Gasteiger partial charge < -0.3 is 15.0 Å². The Bertz CT molecular complexity index is 409. The van der Waals surface area contributed by atoms with E-state index in [-0.39, 0.29) is 12.3 Å². The van der Waals surface area contributed by atoms with Crippen LogP contribution in [0.1, 0.15) is 16.8 Å². The van der Waals surface area contributed by atoms with E-state index in [0.29, 0.717) is 5.56 Å². The Morgan fingerprint density at radius 3 is 2.69 bits per heavy atom. The Balaban J connectivity index is 2.01. The highest BCUT2D eigenvalue weighted by atomic mass is 16.6. The summed E-state index contributed by atoms with van der Waals surface area (Å²) in [4.78, 5) is 22.5. The maximum atomic E-state index is 11.7. The van der Waals surface area contributed by atoms with Gasteiger partial charge >= 0.3 is 7.12 Å². The van der Waals surface area contributed by atoms with E-state index in [1.54, 1.807) is 30.3 Å². The molecule has 1 fully saturated rings. The SMILES string of the molecule is O=C1CC(NC(=O)c2ccccc2)B(O)O1. The van der Waals surface area contributed by atoms with Crippen molar-refractivity contribution in [1.29, 1.82) is 0 Å². The molecule has 82 valence electrons. The number of hydrogen-bond donors (Lipinski definition) is 2. The summed E-state index contributed by atoms with van der Waals surface area (Å²) >= 11 is 0. The molecule has 0 spiro atoms. The maximum Gasteiger partial charge on any atom is 0.549 e.